The summed E-state index contributed by atoms with van der Waals surface area (Å²) in [5.41, 5.74) is 0.0204. The maximum absolute atomic E-state index is 13.5. The van der Waals surface area contributed by atoms with Crippen molar-refractivity contribution >= 4 is 12.6 Å². The molecule has 1 aliphatic rings. The molecular formula is C12H6BF3O2. The second-order valence-corrected chi connectivity index (χ2v) is 3.80. The van der Waals surface area contributed by atoms with Crippen LogP contribution >= 0.6 is 0 Å². The molecule has 0 spiro atoms. The van der Waals surface area contributed by atoms with Crippen LogP contribution in [0.5, 0.6) is 11.5 Å². The molecule has 0 aromatic heterocycles. The average molecular weight is 250 g/mol. The molecule has 2 aromatic rings. The van der Waals surface area contributed by atoms with Gasteiger partial charge in [-0.2, -0.15) is 0 Å². The van der Waals surface area contributed by atoms with Gasteiger partial charge in [0.05, 0.1) is 0 Å². The first-order valence-corrected chi connectivity index (χ1v) is 5.22. The van der Waals surface area contributed by atoms with Gasteiger partial charge in [0, 0.05) is 11.5 Å². The van der Waals surface area contributed by atoms with Gasteiger partial charge in [0.25, 0.3) is 0 Å². The summed E-state index contributed by atoms with van der Waals surface area (Å²) in [6.07, 6.45) is 0. The summed E-state index contributed by atoms with van der Waals surface area (Å²) in [6, 6.07) is 7.21. The highest BCUT2D eigenvalue weighted by atomic mass is 19.1. The maximum Gasteiger partial charge on any atom is 0.635 e. The van der Waals surface area contributed by atoms with Gasteiger partial charge in [0.2, 0.25) is 0 Å². The first-order valence-electron chi connectivity index (χ1n) is 5.22. The average Bonchev–Trinajstić information content (AvgIpc) is 2.74. The first-order chi connectivity index (χ1) is 8.65. The van der Waals surface area contributed by atoms with Gasteiger partial charge in [0.1, 0.15) is 17.4 Å². The third-order valence-electron chi connectivity index (χ3n) is 2.61. The van der Waals surface area contributed by atoms with Crippen molar-refractivity contribution in [2.45, 2.75) is 0 Å². The van der Waals surface area contributed by atoms with Crippen LogP contribution in [-0.4, -0.2) is 7.12 Å². The van der Waals surface area contributed by atoms with Crippen LogP contribution in [0, 0.1) is 17.5 Å². The van der Waals surface area contributed by atoms with Crippen LogP contribution < -0.4 is 14.8 Å². The van der Waals surface area contributed by atoms with Crippen molar-refractivity contribution in [1.29, 1.82) is 0 Å². The van der Waals surface area contributed by atoms with Crippen molar-refractivity contribution in [1.82, 2.24) is 0 Å². The fraction of sp³-hybridized carbons (Fsp3) is 0. The van der Waals surface area contributed by atoms with Gasteiger partial charge in [-0.3, -0.25) is 0 Å². The van der Waals surface area contributed by atoms with Crippen molar-refractivity contribution in [2.24, 2.45) is 0 Å². The molecule has 6 heteroatoms. The molecule has 0 bridgehead atoms. The van der Waals surface area contributed by atoms with E-state index in [1.165, 1.54) is 24.3 Å². The molecule has 0 unspecified atom stereocenters. The molecule has 0 N–H and O–H groups in total. The Morgan fingerprint density at radius 2 is 1.72 bits per heavy atom. The fourth-order valence-corrected chi connectivity index (χ4v) is 1.76. The minimum Gasteiger partial charge on any atom is -0.519 e. The lowest BCUT2D eigenvalue weighted by Gasteiger charge is -2.05. The van der Waals surface area contributed by atoms with Gasteiger partial charge in [0.15, 0.2) is 11.6 Å². The Balaban J connectivity index is 1.96. The van der Waals surface area contributed by atoms with E-state index < -0.39 is 24.6 Å². The van der Waals surface area contributed by atoms with Crippen LogP contribution in [0.1, 0.15) is 0 Å². The van der Waals surface area contributed by atoms with Gasteiger partial charge >= 0.3 is 7.12 Å². The number of benzene rings is 2. The highest BCUT2D eigenvalue weighted by molar-refractivity contribution is 6.63. The Morgan fingerprint density at radius 3 is 2.44 bits per heavy atom. The lowest BCUT2D eigenvalue weighted by atomic mass is 9.79. The Morgan fingerprint density at radius 1 is 0.889 bits per heavy atom. The van der Waals surface area contributed by atoms with Crippen LogP contribution in [-0.2, 0) is 0 Å². The van der Waals surface area contributed by atoms with Crippen molar-refractivity contribution in [3.05, 3.63) is 53.8 Å². The zero-order chi connectivity index (χ0) is 12.7. The first kappa shape index (κ1) is 11.0. The van der Waals surface area contributed by atoms with E-state index in [4.69, 9.17) is 9.31 Å². The molecule has 90 valence electrons. The molecule has 2 nitrogen and oxygen atoms in total. The van der Waals surface area contributed by atoms with E-state index in [2.05, 4.69) is 0 Å². The summed E-state index contributed by atoms with van der Waals surface area (Å²) in [7, 11) is -1.10. The van der Waals surface area contributed by atoms with Crippen molar-refractivity contribution in [3.63, 3.8) is 0 Å². The molecule has 0 fully saturated rings. The van der Waals surface area contributed by atoms with Gasteiger partial charge in [-0.05, 0) is 18.2 Å². The molecular weight excluding hydrogens is 244 g/mol. The van der Waals surface area contributed by atoms with Gasteiger partial charge in [-0.1, -0.05) is 12.1 Å². The molecule has 2 aromatic carbocycles. The summed E-state index contributed by atoms with van der Waals surface area (Å²) in [4.78, 5) is 0. The summed E-state index contributed by atoms with van der Waals surface area (Å²) in [5.74, 6) is -1.95. The van der Waals surface area contributed by atoms with Crippen LogP contribution in [0.25, 0.3) is 0 Å². The molecule has 0 radical (unpaired) electrons. The SMILES string of the molecule is Fc1ccc(B2Oc3cccc(F)c3O2)c(F)c1. The zero-order valence-corrected chi connectivity index (χ0v) is 8.99. The highest BCUT2D eigenvalue weighted by Gasteiger charge is 2.37. The maximum atomic E-state index is 13.5. The minimum absolute atomic E-state index is 0.0204. The predicted octanol–water partition coefficient (Wildman–Crippen LogP) is 2.27. The largest absolute Gasteiger partial charge is 0.635 e. The zero-order valence-electron chi connectivity index (χ0n) is 8.99. The predicted molar refractivity (Wildman–Crippen MR) is 59.4 cm³/mol. The molecule has 0 saturated carbocycles. The molecule has 1 aliphatic heterocycles. The van der Waals surface area contributed by atoms with Crippen LogP contribution in [0.3, 0.4) is 0 Å². The lowest BCUT2D eigenvalue weighted by molar-refractivity contribution is 0.492. The van der Waals surface area contributed by atoms with E-state index in [1.807, 2.05) is 0 Å². The Labute approximate surface area is 101 Å². The molecule has 3 rings (SSSR count). The van der Waals surface area contributed by atoms with Crippen molar-refractivity contribution in [2.75, 3.05) is 0 Å². The third kappa shape index (κ3) is 1.70. The quantitative estimate of drug-likeness (QED) is 0.723. The minimum atomic E-state index is -1.10. The number of hydrogen-bond acceptors (Lipinski definition) is 2. The number of fused-ring (bicyclic) bond motifs is 1. The Kier molecular flexibility index (Phi) is 2.43. The van der Waals surface area contributed by atoms with E-state index in [1.54, 1.807) is 0 Å². The summed E-state index contributed by atoms with van der Waals surface area (Å²) >= 11 is 0. The lowest BCUT2D eigenvalue weighted by Crippen LogP contribution is -2.41. The topological polar surface area (TPSA) is 18.5 Å². The molecule has 0 saturated heterocycles. The van der Waals surface area contributed by atoms with E-state index in [0.29, 0.717) is 0 Å². The summed E-state index contributed by atoms with van der Waals surface area (Å²) < 4.78 is 50.2. The van der Waals surface area contributed by atoms with E-state index in [9.17, 15) is 13.2 Å². The second kappa shape index (κ2) is 3.98. The second-order valence-electron chi connectivity index (χ2n) is 3.80. The van der Waals surface area contributed by atoms with Crippen molar-refractivity contribution < 1.29 is 22.5 Å². The van der Waals surface area contributed by atoms with E-state index in [0.717, 1.165) is 12.1 Å². The van der Waals surface area contributed by atoms with E-state index in [-0.39, 0.29) is 17.0 Å². The smallest absolute Gasteiger partial charge is 0.519 e. The molecule has 0 atom stereocenters. The molecule has 18 heavy (non-hydrogen) atoms. The molecule has 1 heterocycles. The number of halogens is 3. The van der Waals surface area contributed by atoms with E-state index >= 15 is 0 Å². The monoisotopic (exact) mass is 250 g/mol. The van der Waals surface area contributed by atoms with Crippen LogP contribution in [0.2, 0.25) is 0 Å². The Bertz CT molecular complexity index is 618. The van der Waals surface area contributed by atoms with Gasteiger partial charge < -0.3 is 9.31 Å². The summed E-state index contributed by atoms with van der Waals surface area (Å²) in [5, 5.41) is 0. The van der Waals surface area contributed by atoms with Crippen LogP contribution in [0.15, 0.2) is 36.4 Å². The van der Waals surface area contributed by atoms with Gasteiger partial charge in [-0.15, -0.1) is 0 Å². The standard InChI is InChI=1S/C12H6BF3O2/c14-7-4-5-8(10(16)6-7)13-17-11-3-1-2-9(15)12(11)18-13/h1-6H. The number of hydrogen-bond donors (Lipinski definition) is 0. The number of para-hydroxylation sites is 1. The highest BCUT2D eigenvalue weighted by Crippen LogP contribution is 2.35. The van der Waals surface area contributed by atoms with Crippen molar-refractivity contribution in [3.8, 4) is 11.5 Å². The number of rotatable bonds is 1. The third-order valence-corrected chi connectivity index (χ3v) is 2.61. The van der Waals surface area contributed by atoms with Crippen LogP contribution in [0.4, 0.5) is 13.2 Å². The summed E-state index contributed by atoms with van der Waals surface area (Å²) in [6.45, 7) is 0. The molecule has 0 amide bonds. The van der Waals surface area contributed by atoms with Gasteiger partial charge in [-0.25, -0.2) is 13.2 Å². The fourth-order valence-electron chi connectivity index (χ4n) is 1.76. The normalized spacial score (nSPS) is 12.9. The molecule has 0 aliphatic carbocycles. The Hall–Kier alpha value is -2.11.